The predicted molar refractivity (Wildman–Crippen MR) is 124 cm³/mol. The van der Waals surface area contributed by atoms with Gasteiger partial charge in [-0.25, -0.2) is 13.4 Å². The van der Waals surface area contributed by atoms with Crippen molar-refractivity contribution in [2.24, 2.45) is 7.05 Å². The van der Waals surface area contributed by atoms with E-state index in [4.69, 9.17) is 9.47 Å². The number of rotatable bonds is 8. The van der Waals surface area contributed by atoms with Crippen LogP contribution in [0.25, 0.3) is 0 Å². The van der Waals surface area contributed by atoms with Gasteiger partial charge in [0.15, 0.2) is 0 Å². The number of anilines is 1. The molecule has 0 aliphatic carbocycles. The number of morpholine rings is 1. The van der Waals surface area contributed by atoms with Gasteiger partial charge in [-0.1, -0.05) is 12.1 Å². The minimum atomic E-state index is -4.03. The standard InChI is InChI=1S/C22H25N5O6S/c1-25-10-9-23-22(25)21(16-3-6-18(32-2)7-4-16)24-19-8-5-17(27(28)29)15-20(19)34(30,31)26-11-13-33-14-12-26/h3-10,15,21,24H,11-14H2,1-2H3. The van der Waals surface area contributed by atoms with Crippen LogP contribution in [0.5, 0.6) is 5.75 Å². The molecule has 0 saturated carbocycles. The molecule has 0 radical (unpaired) electrons. The predicted octanol–water partition coefficient (Wildman–Crippen LogP) is 2.56. The van der Waals surface area contributed by atoms with E-state index >= 15 is 0 Å². The zero-order valence-electron chi connectivity index (χ0n) is 18.7. The second-order valence-electron chi connectivity index (χ2n) is 7.70. The average molecular weight is 488 g/mol. The summed E-state index contributed by atoms with van der Waals surface area (Å²) in [5.41, 5.74) is 0.736. The van der Waals surface area contributed by atoms with Crippen molar-refractivity contribution in [2.75, 3.05) is 38.7 Å². The van der Waals surface area contributed by atoms with Crippen molar-refractivity contribution in [2.45, 2.75) is 10.9 Å². The van der Waals surface area contributed by atoms with Gasteiger partial charge in [-0.2, -0.15) is 4.31 Å². The van der Waals surface area contributed by atoms with Crippen molar-refractivity contribution in [1.82, 2.24) is 13.9 Å². The third-order valence-corrected chi connectivity index (χ3v) is 7.57. The van der Waals surface area contributed by atoms with E-state index in [0.29, 0.717) is 11.6 Å². The van der Waals surface area contributed by atoms with Crippen molar-refractivity contribution in [1.29, 1.82) is 0 Å². The third-order valence-electron chi connectivity index (χ3n) is 5.63. The molecular weight excluding hydrogens is 462 g/mol. The molecule has 2 heterocycles. The van der Waals surface area contributed by atoms with Crippen molar-refractivity contribution < 1.29 is 22.8 Å². The van der Waals surface area contributed by atoms with Crippen LogP contribution in [0.3, 0.4) is 0 Å². The SMILES string of the molecule is COc1ccc(C(Nc2ccc([N+](=O)[O-])cc2S(=O)(=O)N2CCOCC2)c2nccn2C)cc1. The highest BCUT2D eigenvalue weighted by molar-refractivity contribution is 7.89. The van der Waals surface area contributed by atoms with Crippen LogP contribution in [0.2, 0.25) is 0 Å². The van der Waals surface area contributed by atoms with Gasteiger partial charge in [0.1, 0.15) is 22.5 Å². The second kappa shape index (κ2) is 9.79. The van der Waals surface area contributed by atoms with Crippen LogP contribution in [0, 0.1) is 10.1 Å². The van der Waals surface area contributed by atoms with Crippen molar-refractivity contribution in [3.63, 3.8) is 0 Å². The van der Waals surface area contributed by atoms with Crippen molar-refractivity contribution in [3.8, 4) is 5.75 Å². The summed E-state index contributed by atoms with van der Waals surface area (Å²) in [6.45, 7) is 0.870. The van der Waals surface area contributed by atoms with Crippen LogP contribution in [0.4, 0.5) is 11.4 Å². The van der Waals surface area contributed by atoms with E-state index in [-0.39, 0.29) is 42.6 Å². The topological polar surface area (TPSA) is 129 Å². The number of nitro groups is 1. The molecule has 1 atom stereocenters. The zero-order chi connectivity index (χ0) is 24.3. The Morgan fingerprint density at radius 3 is 2.47 bits per heavy atom. The maximum atomic E-state index is 13.5. The van der Waals surface area contributed by atoms with Gasteiger partial charge in [0, 0.05) is 44.7 Å². The Morgan fingerprint density at radius 1 is 1.18 bits per heavy atom. The first-order chi connectivity index (χ1) is 16.3. The minimum absolute atomic E-state index is 0.170. The molecule has 11 nitrogen and oxygen atoms in total. The molecule has 1 N–H and O–H groups in total. The Hall–Kier alpha value is -3.48. The van der Waals surface area contributed by atoms with Crippen molar-refractivity contribution >= 4 is 21.4 Å². The molecule has 12 heteroatoms. The molecule has 2 aromatic carbocycles. The lowest BCUT2D eigenvalue weighted by Crippen LogP contribution is -2.40. The smallest absolute Gasteiger partial charge is 0.270 e. The first-order valence-corrected chi connectivity index (χ1v) is 12.0. The van der Waals surface area contributed by atoms with Gasteiger partial charge in [0.05, 0.1) is 30.9 Å². The molecule has 0 amide bonds. The molecule has 1 aromatic heterocycles. The minimum Gasteiger partial charge on any atom is -0.497 e. The van der Waals surface area contributed by atoms with E-state index in [1.165, 1.54) is 16.4 Å². The molecule has 1 aliphatic rings. The number of benzene rings is 2. The summed E-state index contributed by atoms with van der Waals surface area (Å²) >= 11 is 0. The fourth-order valence-electron chi connectivity index (χ4n) is 3.79. The Morgan fingerprint density at radius 2 is 1.88 bits per heavy atom. The van der Waals surface area contributed by atoms with Crippen LogP contribution in [-0.2, 0) is 21.8 Å². The van der Waals surface area contributed by atoms with Gasteiger partial charge < -0.3 is 19.4 Å². The Labute approximate surface area is 197 Å². The number of hydrogen-bond acceptors (Lipinski definition) is 8. The summed E-state index contributed by atoms with van der Waals surface area (Å²) in [6, 6.07) is 10.6. The number of nitro benzene ring substituents is 1. The van der Waals surface area contributed by atoms with E-state index in [1.54, 1.807) is 31.6 Å². The van der Waals surface area contributed by atoms with Gasteiger partial charge in [-0.3, -0.25) is 10.1 Å². The number of methoxy groups -OCH3 is 1. The summed E-state index contributed by atoms with van der Waals surface area (Å²) < 4.78 is 40.6. The number of sulfonamides is 1. The summed E-state index contributed by atoms with van der Waals surface area (Å²) in [5, 5.41) is 14.7. The number of nitrogens with one attached hydrogen (secondary N) is 1. The lowest BCUT2D eigenvalue weighted by molar-refractivity contribution is -0.385. The third kappa shape index (κ3) is 4.74. The largest absolute Gasteiger partial charge is 0.497 e. The van der Waals surface area contributed by atoms with Crippen LogP contribution >= 0.6 is 0 Å². The lowest BCUT2D eigenvalue weighted by atomic mass is 10.1. The summed E-state index contributed by atoms with van der Waals surface area (Å²) in [6.07, 6.45) is 3.43. The van der Waals surface area contributed by atoms with E-state index < -0.39 is 21.0 Å². The number of hydrogen-bond donors (Lipinski definition) is 1. The average Bonchev–Trinajstić information content (AvgIpc) is 3.28. The van der Waals surface area contributed by atoms with Gasteiger partial charge in [0.25, 0.3) is 5.69 Å². The van der Waals surface area contributed by atoms with E-state index in [2.05, 4.69) is 10.3 Å². The fraction of sp³-hybridized carbons (Fsp3) is 0.318. The quantitative estimate of drug-likeness (QED) is 0.379. The highest BCUT2D eigenvalue weighted by Gasteiger charge is 2.31. The van der Waals surface area contributed by atoms with Crippen LogP contribution in [0.1, 0.15) is 17.4 Å². The molecule has 0 spiro atoms. The lowest BCUT2D eigenvalue weighted by Gasteiger charge is -2.28. The normalized spacial score (nSPS) is 15.6. The van der Waals surface area contributed by atoms with Crippen LogP contribution < -0.4 is 10.1 Å². The second-order valence-corrected chi connectivity index (χ2v) is 9.61. The molecule has 3 aromatic rings. The Kier molecular flexibility index (Phi) is 6.82. The molecule has 180 valence electrons. The Bertz CT molecular complexity index is 1270. The summed E-state index contributed by atoms with van der Waals surface area (Å²) in [7, 11) is -0.619. The van der Waals surface area contributed by atoms with Gasteiger partial charge in [-0.05, 0) is 23.8 Å². The molecular formula is C22H25N5O6S. The summed E-state index contributed by atoms with van der Waals surface area (Å²) in [5.74, 6) is 1.31. The molecule has 1 aliphatic heterocycles. The molecule has 4 rings (SSSR count). The number of aromatic nitrogens is 2. The van der Waals surface area contributed by atoms with Gasteiger partial charge in [0.2, 0.25) is 10.0 Å². The number of imidazole rings is 1. The molecule has 1 unspecified atom stereocenters. The molecule has 1 saturated heterocycles. The Balaban J connectivity index is 1.81. The first kappa shape index (κ1) is 23.7. The van der Waals surface area contributed by atoms with E-state index in [0.717, 1.165) is 11.6 Å². The molecule has 1 fully saturated rings. The van der Waals surface area contributed by atoms with Crippen LogP contribution in [0.15, 0.2) is 59.8 Å². The van der Waals surface area contributed by atoms with Gasteiger partial charge >= 0.3 is 0 Å². The van der Waals surface area contributed by atoms with Gasteiger partial charge in [-0.15, -0.1) is 0 Å². The maximum Gasteiger partial charge on any atom is 0.270 e. The molecule has 0 bridgehead atoms. The summed E-state index contributed by atoms with van der Waals surface area (Å²) in [4.78, 5) is 15.1. The monoisotopic (exact) mass is 487 g/mol. The molecule has 34 heavy (non-hydrogen) atoms. The van der Waals surface area contributed by atoms with E-state index in [9.17, 15) is 18.5 Å². The highest BCUT2D eigenvalue weighted by atomic mass is 32.2. The van der Waals surface area contributed by atoms with Crippen molar-refractivity contribution in [3.05, 3.63) is 76.4 Å². The zero-order valence-corrected chi connectivity index (χ0v) is 19.6. The fourth-order valence-corrected chi connectivity index (χ4v) is 5.37. The number of aryl methyl sites for hydroxylation is 1. The highest BCUT2D eigenvalue weighted by Crippen LogP contribution is 2.34. The first-order valence-electron chi connectivity index (χ1n) is 10.6. The maximum absolute atomic E-state index is 13.5. The van der Waals surface area contributed by atoms with Crippen LogP contribution in [-0.4, -0.2) is 60.6 Å². The number of non-ortho nitro benzene ring substituents is 1. The van der Waals surface area contributed by atoms with E-state index in [1.807, 2.05) is 23.7 Å². The number of ether oxygens (including phenoxy) is 2. The number of nitrogens with zero attached hydrogens (tertiary/aromatic N) is 4.